The minimum absolute atomic E-state index is 0.0610. The van der Waals surface area contributed by atoms with Crippen molar-refractivity contribution in [2.24, 2.45) is 0 Å². The molecule has 0 radical (unpaired) electrons. The fourth-order valence-corrected chi connectivity index (χ4v) is 7.84. The van der Waals surface area contributed by atoms with Crippen molar-refractivity contribution in [2.45, 2.75) is 69.4 Å². The number of hydroxylamine groups is 1. The summed E-state index contributed by atoms with van der Waals surface area (Å²) in [4.78, 5) is 25.7. The molecule has 0 spiro atoms. The number of benzene rings is 3. The van der Waals surface area contributed by atoms with Crippen molar-refractivity contribution in [3.8, 4) is 17.2 Å². The SMILES string of the molecule is CC(C)(C)OC(=O)NC1CCC([AsH]C(=O)c2cc(OCc3cccc(Br)c3)cc(Oc3ccc(C(=N)NO)cc3)c2)CC1. The molecule has 0 saturated heterocycles. The Bertz CT molecular complexity index is 1440. The standard InChI is InChI=1S/C32H37AsBrN3O6/c1-32(2,3)43-31(39)36-25-11-9-23(10-12-25)33-29(38)22-16-27(41-19-20-5-4-6-24(34)15-20)18-28(17-22)42-26-13-7-21(8-14-26)30(35)37-40/h4-8,13-18,23,25,33,40H,9-12,19H2,1-3H3,(H2,35,37)(H,36,39). The van der Waals surface area contributed by atoms with E-state index in [0.29, 0.717) is 39.7 Å². The van der Waals surface area contributed by atoms with Gasteiger partial charge in [-0.1, -0.05) is 0 Å². The molecule has 1 aliphatic carbocycles. The monoisotopic (exact) mass is 713 g/mol. The molecular weight excluding hydrogens is 677 g/mol. The van der Waals surface area contributed by atoms with Crippen LogP contribution in [0.4, 0.5) is 4.79 Å². The molecule has 3 aromatic rings. The first kappa shape index (κ1) is 32.6. The van der Waals surface area contributed by atoms with Gasteiger partial charge in [0.05, 0.1) is 0 Å². The van der Waals surface area contributed by atoms with Crippen molar-refractivity contribution < 1.29 is 29.0 Å². The molecule has 1 saturated carbocycles. The Balaban J connectivity index is 1.44. The van der Waals surface area contributed by atoms with Crippen LogP contribution in [0.5, 0.6) is 17.2 Å². The first-order valence-electron chi connectivity index (χ1n) is 14.1. The van der Waals surface area contributed by atoms with Gasteiger partial charge in [0.25, 0.3) is 0 Å². The molecule has 9 nitrogen and oxygen atoms in total. The van der Waals surface area contributed by atoms with Gasteiger partial charge in [-0.2, -0.15) is 0 Å². The van der Waals surface area contributed by atoms with Crippen LogP contribution in [0, 0.1) is 5.41 Å². The summed E-state index contributed by atoms with van der Waals surface area (Å²) in [6.07, 6.45) is 3.03. The van der Waals surface area contributed by atoms with Gasteiger partial charge in [-0.3, -0.25) is 0 Å². The van der Waals surface area contributed by atoms with E-state index in [1.807, 2.05) is 50.5 Å². The number of hydrogen-bond acceptors (Lipinski definition) is 7. The van der Waals surface area contributed by atoms with Gasteiger partial charge in [0.1, 0.15) is 0 Å². The Labute approximate surface area is 267 Å². The first-order chi connectivity index (χ1) is 20.5. The summed E-state index contributed by atoms with van der Waals surface area (Å²) in [7, 11) is 0. The number of amidine groups is 1. The predicted molar refractivity (Wildman–Crippen MR) is 170 cm³/mol. The second-order valence-corrected chi connectivity index (χ2v) is 15.6. The molecule has 4 rings (SSSR count). The van der Waals surface area contributed by atoms with Gasteiger partial charge in [-0.15, -0.1) is 0 Å². The van der Waals surface area contributed by atoms with Gasteiger partial charge < -0.3 is 0 Å². The summed E-state index contributed by atoms with van der Waals surface area (Å²) in [5.41, 5.74) is 3.32. The maximum atomic E-state index is 13.6. The number of amides is 1. The van der Waals surface area contributed by atoms with Crippen LogP contribution in [0.1, 0.15) is 67.9 Å². The number of ether oxygens (including phenoxy) is 3. The minimum atomic E-state index is -0.978. The number of hydrogen-bond donors (Lipinski definition) is 4. The predicted octanol–water partition coefficient (Wildman–Crippen LogP) is 6.96. The van der Waals surface area contributed by atoms with Crippen molar-refractivity contribution in [1.29, 1.82) is 5.41 Å². The number of nitrogens with one attached hydrogen (secondary N) is 3. The zero-order chi connectivity index (χ0) is 31.0. The van der Waals surface area contributed by atoms with Crippen LogP contribution < -0.4 is 20.3 Å². The van der Waals surface area contributed by atoms with Crippen molar-refractivity contribution >= 4 is 48.2 Å². The van der Waals surface area contributed by atoms with Crippen molar-refractivity contribution in [2.75, 3.05) is 0 Å². The van der Waals surface area contributed by atoms with Crippen LogP contribution in [0.3, 0.4) is 0 Å². The first-order valence-corrected chi connectivity index (χ1v) is 17.1. The normalized spacial score (nSPS) is 16.9. The van der Waals surface area contributed by atoms with Crippen LogP contribution in [-0.2, 0) is 11.3 Å². The number of carbonyl (C=O) groups excluding carboxylic acids is 2. The second-order valence-electron chi connectivity index (χ2n) is 11.4. The number of halogens is 1. The zero-order valence-corrected chi connectivity index (χ0v) is 28.1. The van der Waals surface area contributed by atoms with Crippen LogP contribution >= 0.6 is 15.9 Å². The van der Waals surface area contributed by atoms with Crippen LogP contribution in [0.2, 0.25) is 4.71 Å². The van der Waals surface area contributed by atoms with Crippen molar-refractivity contribution in [3.05, 3.63) is 87.9 Å². The molecule has 0 aliphatic heterocycles. The van der Waals surface area contributed by atoms with Gasteiger partial charge in [-0.05, 0) is 0 Å². The van der Waals surface area contributed by atoms with E-state index < -0.39 is 27.4 Å². The summed E-state index contributed by atoms with van der Waals surface area (Å²) in [6.45, 7) is 5.86. The van der Waals surface area contributed by atoms with Gasteiger partial charge in [0.15, 0.2) is 0 Å². The number of alkyl carbamates (subject to hydrolysis) is 1. The van der Waals surface area contributed by atoms with Gasteiger partial charge in [0, 0.05) is 0 Å². The Morgan fingerprint density at radius 2 is 1.65 bits per heavy atom. The average Bonchev–Trinajstić information content (AvgIpc) is 2.96. The van der Waals surface area contributed by atoms with E-state index in [-0.39, 0.29) is 16.4 Å². The van der Waals surface area contributed by atoms with Crippen LogP contribution in [0.15, 0.2) is 71.2 Å². The summed E-state index contributed by atoms with van der Waals surface area (Å²) < 4.78 is 19.0. The van der Waals surface area contributed by atoms with E-state index in [2.05, 4.69) is 21.2 Å². The number of rotatable bonds is 10. The molecule has 1 amide bonds. The third-order valence-corrected chi connectivity index (χ3v) is 10.4. The zero-order valence-electron chi connectivity index (χ0n) is 24.4. The second kappa shape index (κ2) is 14.9. The van der Waals surface area contributed by atoms with E-state index in [4.69, 9.17) is 24.8 Å². The molecule has 43 heavy (non-hydrogen) atoms. The Morgan fingerprint density at radius 1 is 0.953 bits per heavy atom. The molecule has 1 fully saturated rings. The molecule has 3 aromatic carbocycles. The maximum absolute atomic E-state index is 13.6. The van der Waals surface area contributed by atoms with E-state index >= 15 is 0 Å². The third-order valence-electron chi connectivity index (χ3n) is 6.71. The summed E-state index contributed by atoms with van der Waals surface area (Å²) in [5, 5.41) is 19.7. The molecule has 0 bridgehead atoms. The van der Waals surface area contributed by atoms with Crippen molar-refractivity contribution in [1.82, 2.24) is 10.8 Å². The molecule has 228 valence electrons. The molecule has 0 heterocycles. The number of carbonyl (C=O) groups is 2. The fraction of sp³-hybridized carbons (Fsp3) is 0.344. The molecule has 0 aromatic heterocycles. The van der Waals surface area contributed by atoms with Crippen LogP contribution in [-0.4, -0.2) is 49.1 Å². The summed E-state index contributed by atoms with van der Waals surface area (Å²) in [6, 6.07) is 19.9. The van der Waals surface area contributed by atoms with Crippen molar-refractivity contribution in [3.63, 3.8) is 0 Å². The summed E-state index contributed by atoms with van der Waals surface area (Å²) >= 11 is 2.51. The van der Waals surface area contributed by atoms with Crippen LogP contribution in [0.25, 0.3) is 0 Å². The Kier molecular flexibility index (Phi) is 11.3. The molecule has 1 atom stereocenters. The van der Waals surface area contributed by atoms with E-state index in [0.717, 1.165) is 35.7 Å². The third kappa shape index (κ3) is 10.4. The van der Waals surface area contributed by atoms with Gasteiger partial charge >= 0.3 is 268 Å². The molecule has 11 heteroatoms. The Hall–Kier alpha value is -3.33. The molecular formula is C32H37AsBrN3O6. The van der Waals surface area contributed by atoms with E-state index in [1.54, 1.807) is 42.5 Å². The average molecular weight is 714 g/mol. The quantitative estimate of drug-likeness (QED) is 0.0774. The fourth-order valence-electron chi connectivity index (χ4n) is 4.65. The summed E-state index contributed by atoms with van der Waals surface area (Å²) in [5.74, 6) is 1.39. The van der Waals surface area contributed by atoms with E-state index in [9.17, 15) is 9.59 Å². The Morgan fingerprint density at radius 3 is 2.30 bits per heavy atom. The van der Waals surface area contributed by atoms with Gasteiger partial charge in [-0.25, -0.2) is 0 Å². The molecule has 4 N–H and O–H groups in total. The van der Waals surface area contributed by atoms with Gasteiger partial charge in [0.2, 0.25) is 0 Å². The molecule has 1 unspecified atom stereocenters. The van der Waals surface area contributed by atoms with E-state index in [1.165, 1.54) is 0 Å². The topological polar surface area (TPSA) is 130 Å². The molecule has 1 aliphatic rings.